The Labute approximate surface area is 195 Å². The smallest absolute Gasteiger partial charge is 0.290 e. The molecular weight excluding hydrogens is 434 g/mol. The number of furan rings is 1. The van der Waals surface area contributed by atoms with E-state index in [9.17, 15) is 19.5 Å². The van der Waals surface area contributed by atoms with E-state index in [1.807, 2.05) is 0 Å². The molecular formula is C26H21N3O5. The van der Waals surface area contributed by atoms with Crippen molar-refractivity contribution in [1.82, 2.24) is 9.88 Å². The third-order valence-electron chi connectivity index (χ3n) is 6.16. The summed E-state index contributed by atoms with van der Waals surface area (Å²) in [6.45, 7) is 5.53. The Hall–Kier alpha value is -4.46. The Bertz CT molecular complexity index is 1370. The number of aryl methyl sites for hydroxylation is 1. The largest absolute Gasteiger partial charge is 0.503 e. The maximum Gasteiger partial charge on any atom is 0.290 e. The summed E-state index contributed by atoms with van der Waals surface area (Å²) in [5, 5.41) is 11.0. The van der Waals surface area contributed by atoms with Crippen molar-refractivity contribution in [1.29, 1.82) is 0 Å². The van der Waals surface area contributed by atoms with Crippen molar-refractivity contribution in [3.05, 3.63) is 108 Å². The molecule has 1 unspecified atom stereocenters. The quantitative estimate of drug-likeness (QED) is 0.451. The van der Waals surface area contributed by atoms with Gasteiger partial charge < -0.3 is 19.3 Å². The number of benzene rings is 1. The van der Waals surface area contributed by atoms with Gasteiger partial charge in [0.05, 0.1) is 11.3 Å². The van der Waals surface area contributed by atoms with Gasteiger partial charge in [-0.15, -0.1) is 6.58 Å². The van der Waals surface area contributed by atoms with E-state index in [4.69, 9.17) is 4.42 Å². The summed E-state index contributed by atoms with van der Waals surface area (Å²) in [4.78, 5) is 48.1. The molecule has 4 heterocycles. The summed E-state index contributed by atoms with van der Waals surface area (Å²) in [6.07, 6.45) is 4.73. The summed E-state index contributed by atoms with van der Waals surface area (Å²) in [7, 11) is 0. The summed E-state index contributed by atoms with van der Waals surface area (Å²) < 4.78 is 5.52. The third kappa shape index (κ3) is 2.85. The van der Waals surface area contributed by atoms with Crippen LogP contribution in [-0.4, -0.2) is 39.1 Å². The number of aromatic nitrogens is 1. The van der Waals surface area contributed by atoms with Gasteiger partial charge in [-0.2, -0.15) is 0 Å². The number of Topliss-reactive ketones (excluding diaryl/α,β-unsaturated/α-hetero) is 1. The molecule has 34 heavy (non-hydrogen) atoms. The predicted octanol–water partition coefficient (Wildman–Crippen LogP) is 3.45. The highest BCUT2D eigenvalue weighted by Gasteiger charge is 2.65. The standard InChI is InChI=1S/C26H21N3O5/c1-3-13-28-19-9-5-4-8-18(19)26(25(28)33)21(22(30)20-11-10-16(2)34-20)23(31)24(32)29(26)15-17-7-6-12-27-14-17/h3-12,14,31H,1,13,15H2,2H3. The number of carbonyl (C=O) groups is 3. The van der Waals surface area contributed by atoms with E-state index in [1.165, 1.54) is 15.9 Å². The van der Waals surface area contributed by atoms with Crippen molar-refractivity contribution < 1.29 is 23.9 Å². The van der Waals surface area contributed by atoms with Crippen LogP contribution in [0.25, 0.3) is 0 Å². The molecule has 0 bridgehead atoms. The van der Waals surface area contributed by atoms with E-state index in [2.05, 4.69) is 11.6 Å². The van der Waals surface area contributed by atoms with Crippen LogP contribution in [0, 0.1) is 6.92 Å². The van der Waals surface area contributed by atoms with Crippen molar-refractivity contribution >= 4 is 23.3 Å². The van der Waals surface area contributed by atoms with E-state index in [-0.39, 0.29) is 24.4 Å². The van der Waals surface area contributed by atoms with Gasteiger partial charge in [-0.05, 0) is 36.8 Å². The summed E-state index contributed by atoms with van der Waals surface area (Å²) in [5.74, 6) is -2.43. The number of rotatable bonds is 6. The van der Waals surface area contributed by atoms with Gasteiger partial charge in [-0.3, -0.25) is 19.4 Å². The molecule has 1 atom stereocenters. The number of aliphatic hydroxyl groups is 1. The van der Waals surface area contributed by atoms with Crippen molar-refractivity contribution in [2.75, 3.05) is 11.4 Å². The first-order valence-corrected chi connectivity index (χ1v) is 10.7. The molecule has 0 aliphatic carbocycles. The van der Waals surface area contributed by atoms with Crippen LogP contribution >= 0.6 is 0 Å². The molecule has 8 heteroatoms. The summed E-state index contributed by atoms with van der Waals surface area (Å²) >= 11 is 0. The van der Waals surface area contributed by atoms with Crippen LogP contribution in [-0.2, 0) is 21.7 Å². The number of hydrogen-bond acceptors (Lipinski definition) is 6. The third-order valence-corrected chi connectivity index (χ3v) is 6.16. The average Bonchev–Trinajstić information content (AvgIpc) is 3.45. The number of anilines is 1. The fourth-order valence-electron chi connectivity index (χ4n) is 4.76. The van der Waals surface area contributed by atoms with Gasteiger partial charge in [-0.25, -0.2) is 0 Å². The summed E-state index contributed by atoms with van der Waals surface area (Å²) in [6, 6.07) is 13.5. The molecule has 0 saturated carbocycles. The maximum absolute atomic E-state index is 14.2. The fourth-order valence-corrected chi connectivity index (χ4v) is 4.76. The lowest BCUT2D eigenvalue weighted by Gasteiger charge is -2.35. The van der Waals surface area contributed by atoms with Gasteiger partial charge in [0.2, 0.25) is 5.78 Å². The minimum absolute atomic E-state index is 0.0489. The van der Waals surface area contributed by atoms with Gasteiger partial charge in [0.25, 0.3) is 11.8 Å². The molecule has 0 radical (unpaired) electrons. The molecule has 1 N–H and O–H groups in total. The first-order valence-electron chi connectivity index (χ1n) is 10.7. The first-order chi connectivity index (χ1) is 16.4. The number of nitrogens with zero attached hydrogens (tertiary/aromatic N) is 3. The Morgan fingerprint density at radius 1 is 1.18 bits per heavy atom. The van der Waals surface area contributed by atoms with Crippen LogP contribution < -0.4 is 4.90 Å². The van der Waals surface area contributed by atoms with Crippen molar-refractivity contribution in [3.8, 4) is 0 Å². The topological polar surface area (TPSA) is 104 Å². The molecule has 2 aliphatic heterocycles. The van der Waals surface area contributed by atoms with Crippen molar-refractivity contribution in [3.63, 3.8) is 0 Å². The van der Waals surface area contributed by atoms with Gasteiger partial charge >= 0.3 is 0 Å². The van der Waals surface area contributed by atoms with E-state index in [0.29, 0.717) is 22.6 Å². The molecule has 0 saturated heterocycles. The second-order valence-corrected chi connectivity index (χ2v) is 8.15. The number of amides is 2. The van der Waals surface area contributed by atoms with Gasteiger partial charge in [-0.1, -0.05) is 30.3 Å². The Balaban J connectivity index is 1.78. The Kier molecular flexibility index (Phi) is 4.93. The van der Waals surface area contributed by atoms with Gasteiger partial charge in [0.15, 0.2) is 17.1 Å². The van der Waals surface area contributed by atoms with Crippen LogP contribution in [0.2, 0.25) is 0 Å². The molecule has 2 aromatic heterocycles. The van der Waals surface area contributed by atoms with E-state index >= 15 is 0 Å². The monoisotopic (exact) mass is 455 g/mol. The predicted molar refractivity (Wildman–Crippen MR) is 123 cm³/mol. The number of para-hydroxylation sites is 1. The highest BCUT2D eigenvalue weighted by atomic mass is 16.3. The molecule has 3 aromatic rings. The summed E-state index contributed by atoms with van der Waals surface area (Å²) in [5.41, 5.74) is -0.589. The number of ketones is 1. The lowest BCUT2D eigenvalue weighted by atomic mass is 9.81. The molecule has 2 amide bonds. The molecule has 1 spiro atoms. The highest BCUT2D eigenvalue weighted by molar-refractivity contribution is 6.25. The zero-order valence-corrected chi connectivity index (χ0v) is 18.4. The second kappa shape index (κ2) is 7.84. The van der Waals surface area contributed by atoms with Crippen molar-refractivity contribution in [2.24, 2.45) is 0 Å². The first kappa shape index (κ1) is 21.4. The normalized spacial score (nSPS) is 19.3. The Morgan fingerprint density at radius 3 is 2.65 bits per heavy atom. The lowest BCUT2D eigenvalue weighted by Crippen LogP contribution is -2.53. The van der Waals surface area contributed by atoms with E-state index in [0.717, 1.165) is 0 Å². The number of carbonyl (C=O) groups excluding carboxylic acids is 3. The molecule has 8 nitrogen and oxygen atoms in total. The minimum Gasteiger partial charge on any atom is -0.503 e. The zero-order valence-electron chi connectivity index (χ0n) is 18.4. The number of hydrogen-bond donors (Lipinski definition) is 1. The Morgan fingerprint density at radius 2 is 1.97 bits per heavy atom. The van der Waals surface area contributed by atoms with Crippen LogP contribution in [0.5, 0.6) is 0 Å². The molecule has 1 aromatic carbocycles. The van der Waals surface area contributed by atoms with E-state index < -0.39 is 28.9 Å². The second-order valence-electron chi connectivity index (χ2n) is 8.15. The minimum atomic E-state index is -1.87. The van der Waals surface area contributed by atoms with Gasteiger partial charge in [0.1, 0.15) is 5.76 Å². The molecule has 0 fully saturated rings. The van der Waals surface area contributed by atoms with Crippen LogP contribution in [0.1, 0.15) is 27.4 Å². The van der Waals surface area contributed by atoms with Gasteiger partial charge in [0, 0.05) is 31.0 Å². The number of aliphatic hydroxyl groups excluding tert-OH is 1. The van der Waals surface area contributed by atoms with Crippen molar-refractivity contribution in [2.45, 2.75) is 19.0 Å². The molecule has 2 aliphatic rings. The number of fused-ring (bicyclic) bond motifs is 2. The molecule has 170 valence electrons. The lowest BCUT2D eigenvalue weighted by molar-refractivity contribution is -0.140. The maximum atomic E-state index is 14.2. The zero-order chi connectivity index (χ0) is 24.0. The number of pyridine rings is 1. The molecule has 5 rings (SSSR count). The van der Waals surface area contributed by atoms with E-state index in [1.54, 1.807) is 67.9 Å². The van der Waals surface area contributed by atoms with Crippen LogP contribution in [0.4, 0.5) is 5.69 Å². The average molecular weight is 455 g/mol. The van der Waals surface area contributed by atoms with Crippen LogP contribution in [0.15, 0.2) is 89.3 Å². The SMILES string of the molecule is C=CCN1C(=O)C2(C(C(=O)c3ccc(C)o3)=C(O)C(=O)N2Cc2cccnc2)c2ccccc21. The fraction of sp³-hybridized carbons (Fsp3) is 0.154. The highest BCUT2D eigenvalue weighted by Crippen LogP contribution is 2.53. The van der Waals surface area contributed by atoms with Crippen LogP contribution in [0.3, 0.4) is 0 Å².